The summed E-state index contributed by atoms with van der Waals surface area (Å²) in [5.74, 6) is 6.88. The lowest BCUT2D eigenvalue weighted by Crippen LogP contribution is -2.33. The fourth-order valence-corrected chi connectivity index (χ4v) is 3.82. The number of rotatable bonds is 8. The van der Waals surface area contributed by atoms with Gasteiger partial charge in [0.25, 0.3) is 0 Å². The van der Waals surface area contributed by atoms with E-state index in [0.29, 0.717) is 11.0 Å². The predicted octanol–water partition coefficient (Wildman–Crippen LogP) is 3.68. The summed E-state index contributed by atoms with van der Waals surface area (Å²) >= 11 is 1.20. The number of halogens is 1. The van der Waals surface area contributed by atoms with Gasteiger partial charge in [-0.1, -0.05) is 42.1 Å². The van der Waals surface area contributed by atoms with Gasteiger partial charge >= 0.3 is 0 Å². The third-order valence-electron chi connectivity index (χ3n) is 4.87. The summed E-state index contributed by atoms with van der Waals surface area (Å²) in [4.78, 5) is 12.6. The van der Waals surface area contributed by atoms with Gasteiger partial charge in [0.05, 0.1) is 11.3 Å². The van der Waals surface area contributed by atoms with Crippen LogP contribution in [0.15, 0.2) is 47.6 Å². The van der Waals surface area contributed by atoms with Gasteiger partial charge in [0.1, 0.15) is 18.2 Å². The smallest absolute Gasteiger partial charge is 0.233 e. The Kier molecular flexibility index (Phi) is 7.17. The lowest BCUT2D eigenvalue weighted by atomic mass is 10.1. The maximum atomic E-state index is 13.1. The molecule has 7 nitrogen and oxygen atoms in total. The number of aryl methyl sites for hydroxylation is 2. The SMILES string of the molecule is Cc1cccc(C)c1OCc1nnc(SC(C)C(=O)NC(C)c2ccc(F)cc2)n1N. The van der Waals surface area contributed by atoms with Crippen LogP contribution in [0.25, 0.3) is 0 Å². The summed E-state index contributed by atoms with van der Waals surface area (Å²) in [5, 5.41) is 11.1. The first-order valence-corrected chi connectivity index (χ1v) is 10.7. The number of hydrogen-bond donors (Lipinski definition) is 2. The molecule has 1 aromatic heterocycles. The van der Waals surface area contributed by atoms with Crippen molar-refractivity contribution in [2.24, 2.45) is 0 Å². The van der Waals surface area contributed by atoms with E-state index in [1.807, 2.05) is 39.0 Å². The van der Waals surface area contributed by atoms with Crippen molar-refractivity contribution < 1.29 is 13.9 Å². The molecule has 164 valence electrons. The maximum absolute atomic E-state index is 13.1. The normalized spacial score (nSPS) is 12.9. The molecule has 0 saturated carbocycles. The van der Waals surface area contributed by atoms with Gasteiger partial charge in [-0.15, -0.1) is 10.2 Å². The van der Waals surface area contributed by atoms with Crippen molar-refractivity contribution in [3.63, 3.8) is 0 Å². The van der Waals surface area contributed by atoms with Crippen LogP contribution in [-0.4, -0.2) is 26.0 Å². The van der Waals surface area contributed by atoms with Crippen molar-refractivity contribution >= 4 is 17.7 Å². The van der Waals surface area contributed by atoms with Gasteiger partial charge in [0.15, 0.2) is 5.82 Å². The largest absolute Gasteiger partial charge is 0.485 e. The van der Waals surface area contributed by atoms with Gasteiger partial charge in [-0.3, -0.25) is 4.79 Å². The molecule has 2 aromatic carbocycles. The van der Waals surface area contributed by atoms with E-state index < -0.39 is 5.25 Å². The molecule has 1 amide bonds. The van der Waals surface area contributed by atoms with Gasteiger partial charge in [-0.2, -0.15) is 0 Å². The maximum Gasteiger partial charge on any atom is 0.233 e. The third kappa shape index (κ3) is 5.55. The second-order valence-corrected chi connectivity index (χ2v) is 8.63. The first-order chi connectivity index (χ1) is 14.8. The zero-order valence-electron chi connectivity index (χ0n) is 17.9. The van der Waals surface area contributed by atoms with E-state index in [0.717, 1.165) is 22.4 Å². The van der Waals surface area contributed by atoms with Crippen LogP contribution in [0.4, 0.5) is 4.39 Å². The van der Waals surface area contributed by atoms with Crippen molar-refractivity contribution in [3.8, 4) is 5.75 Å². The van der Waals surface area contributed by atoms with Crippen LogP contribution in [-0.2, 0) is 11.4 Å². The van der Waals surface area contributed by atoms with Crippen LogP contribution in [0, 0.1) is 19.7 Å². The summed E-state index contributed by atoms with van der Waals surface area (Å²) in [5.41, 5.74) is 2.87. The number of para-hydroxylation sites is 1. The number of carbonyl (C=O) groups excluding carboxylic acids is 1. The minimum absolute atomic E-state index is 0.165. The number of nitrogens with two attached hydrogens (primary N) is 1. The molecule has 0 saturated heterocycles. The summed E-state index contributed by atoms with van der Waals surface area (Å²) in [6.45, 7) is 7.72. The highest BCUT2D eigenvalue weighted by molar-refractivity contribution is 8.00. The molecule has 31 heavy (non-hydrogen) atoms. The van der Waals surface area contributed by atoms with Gasteiger partial charge in [-0.05, 0) is 56.5 Å². The molecule has 0 spiro atoms. The Labute approximate surface area is 185 Å². The monoisotopic (exact) mass is 443 g/mol. The Hall–Kier alpha value is -3.07. The number of nitrogens with one attached hydrogen (secondary N) is 1. The summed E-state index contributed by atoms with van der Waals surface area (Å²) in [6, 6.07) is 11.7. The van der Waals surface area contributed by atoms with Crippen molar-refractivity contribution in [1.82, 2.24) is 20.2 Å². The number of amides is 1. The zero-order valence-corrected chi connectivity index (χ0v) is 18.7. The van der Waals surface area contributed by atoms with Crippen molar-refractivity contribution in [3.05, 3.63) is 70.8 Å². The molecule has 0 fully saturated rings. The van der Waals surface area contributed by atoms with Crippen LogP contribution in [0.5, 0.6) is 5.75 Å². The Morgan fingerprint density at radius 3 is 2.45 bits per heavy atom. The molecule has 9 heteroatoms. The van der Waals surface area contributed by atoms with Crippen LogP contribution in [0.1, 0.15) is 42.4 Å². The average Bonchev–Trinajstić information content (AvgIpc) is 3.07. The van der Waals surface area contributed by atoms with Crippen LogP contribution < -0.4 is 15.9 Å². The van der Waals surface area contributed by atoms with E-state index in [-0.39, 0.29) is 24.4 Å². The first kappa shape index (κ1) is 22.6. The van der Waals surface area contributed by atoms with Crippen molar-refractivity contribution in [2.45, 2.75) is 50.8 Å². The number of thioether (sulfide) groups is 1. The average molecular weight is 444 g/mol. The molecule has 1 heterocycles. The minimum Gasteiger partial charge on any atom is -0.485 e. The van der Waals surface area contributed by atoms with Crippen LogP contribution in [0.3, 0.4) is 0 Å². The topological polar surface area (TPSA) is 95.1 Å². The number of benzene rings is 2. The lowest BCUT2D eigenvalue weighted by Gasteiger charge is -2.17. The van der Waals surface area contributed by atoms with E-state index in [1.54, 1.807) is 19.1 Å². The lowest BCUT2D eigenvalue weighted by molar-refractivity contribution is -0.120. The van der Waals surface area contributed by atoms with E-state index in [1.165, 1.54) is 28.6 Å². The fourth-order valence-electron chi connectivity index (χ4n) is 3.03. The van der Waals surface area contributed by atoms with Crippen LogP contribution in [0.2, 0.25) is 0 Å². The number of hydrogen-bond acceptors (Lipinski definition) is 6. The molecule has 0 aliphatic rings. The van der Waals surface area contributed by atoms with Gasteiger partial charge in [0, 0.05) is 0 Å². The highest BCUT2D eigenvalue weighted by Gasteiger charge is 2.21. The molecule has 2 atom stereocenters. The van der Waals surface area contributed by atoms with Gasteiger partial charge in [-0.25, -0.2) is 9.07 Å². The molecule has 3 aromatic rings. The molecule has 0 radical (unpaired) electrons. The van der Waals surface area contributed by atoms with E-state index >= 15 is 0 Å². The minimum atomic E-state index is -0.457. The van der Waals surface area contributed by atoms with Crippen molar-refractivity contribution in [1.29, 1.82) is 0 Å². The molecular weight excluding hydrogens is 417 g/mol. The predicted molar refractivity (Wildman–Crippen MR) is 119 cm³/mol. The Balaban J connectivity index is 1.59. The highest BCUT2D eigenvalue weighted by Crippen LogP contribution is 2.25. The Morgan fingerprint density at radius 2 is 1.81 bits per heavy atom. The van der Waals surface area contributed by atoms with Gasteiger partial charge < -0.3 is 15.9 Å². The van der Waals surface area contributed by atoms with Gasteiger partial charge in [0.2, 0.25) is 11.1 Å². The molecular formula is C22H26FN5O2S. The standard InChI is InChI=1S/C22H26FN5O2S/c1-13-6-5-7-14(2)20(13)30-12-19-26-27-22(28(19)24)31-16(4)21(29)25-15(3)17-8-10-18(23)11-9-17/h5-11,15-16H,12,24H2,1-4H3,(H,25,29). The number of carbonyl (C=O) groups is 1. The second-order valence-electron chi connectivity index (χ2n) is 7.32. The Bertz CT molecular complexity index is 1030. The quantitative estimate of drug-likeness (QED) is 0.407. The second kappa shape index (κ2) is 9.82. The molecule has 0 aliphatic heterocycles. The number of aromatic nitrogens is 3. The first-order valence-electron chi connectivity index (χ1n) is 9.87. The van der Waals surface area contributed by atoms with E-state index in [4.69, 9.17) is 10.6 Å². The molecule has 3 N–H and O–H groups in total. The molecule has 0 bridgehead atoms. The molecule has 3 rings (SSSR count). The molecule has 0 aliphatic carbocycles. The Morgan fingerprint density at radius 1 is 1.16 bits per heavy atom. The molecule has 2 unspecified atom stereocenters. The number of ether oxygens (including phenoxy) is 1. The van der Waals surface area contributed by atoms with E-state index in [9.17, 15) is 9.18 Å². The summed E-state index contributed by atoms with van der Waals surface area (Å²) in [6.07, 6.45) is 0. The number of nitrogens with zero attached hydrogens (tertiary/aromatic N) is 3. The number of nitrogen functional groups attached to an aromatic ring is 1. The highest BCUT2D eigenvalue weighted by atomic mass is 32.2. The zero-order chi connectivity index (χ0) is 22.5. The van der Waals surface area contributed by atoms with E-state index in [2.05, 4.69) is 15.5 Å². The fraction of sp³-hybridized carbons (Fsp3) is 0.318. The van der Waals surface area contributed by atoms with Crippen molar-refractivity contribution in [2.75, 3.05) is 5.84 Å². The third-order valence-corrected chi connectivity index (χ3v) is 5.93. The summed E-state index contributed by atoms with van der Waals surface area (Å²) < 4.78 is 20.3. The van der Waals surface area contributed by atoms with Crippen LogP contribution >= 0.6 is 11.8 Å². The summed E-state index contributed by atoms with van der Waals surface area (Å²) in [7, 11) is 0.